The number of carbonyl (C=O) groups excluding carboxylic acids is 1. The Hall–Kier alpha value is -1.20. The van der Waals surface area contributed by atoms with Crippen LogP contribution in [0.5, 0.6) is 0 Å². The summed E-state index contributed by atoms with van der Waals surface area (Å²) in [4.78, 5) is 14.5. The first-order valence-corrected chi connectivity index (χ1v) is 8.42. The lowest BCUT2D eigenvalue weighted by Crippen LogP contribution is -2.41. The van der Waals surface area contributed by atoms with Crippen LogP contribution in [0.15, 0.2) is 18.2 Å². The quantitative estimate of drug-likeness (QED) is 0.840. The number of thioether (sulfide) groups is 1. The van der Waals surface area contributed by atoms with Crippen LogP contribution in [-0.2, 0) is 4.79 Å². The molecule has 1 saturated heterocycles. The summed E-state index contributed by atoms with van der Waals surface area (Å²) in [6, 6.07) is 5.59. The van der Waals surface area contributed by atoms with Crippen molar-refractivity contribution in [3.05, 3.63) is 23.8 Å². The number of nitrogens with zero attached hydrogens (tertiary/aromatic N) is 1. The van der Waals surface area contributed by atoms with Crippen LogP contribution >= 0.6 is 11.8 Å². The normalized spacial score (nSPS) is 23.0. The number of nitrogen functional groups attached to an aromatic ring is 1. The van der Waals surface area contributed by atoms with E-state index in [9.17, 15) is 4.79 Å². The number of hydrogen-bond acceptors (Lipinski definition) is 4. The van der Waals surface area contributed by atoms with Crippen LogP contribution in [0.2, 0.25) is 0 Å². The van der Waals surface area contributed by atoms with Crippen molar-refractivity contribution in [1.82, 2.24) is 4.90 Å². The zero-order valence-corrected chi connectivity index (χ0v) is 13.9. The average molecular weight is 307 g/mol. The Bertz CT molecular complexity index is 496. The van der Waals surface area contributed by atoms with E-state index in [0.29, 0.717) is 22.6 Å². The van der Waals surface area contributed by atoms with Crippen LogP contribution in [0.4, 0.5) is 11.4 Å². The number of aryl methyl sites for hydroxylation is 1. The third-order valence-corrected chi connectivity index (χ3v) is 4.91. The monoisotopic (exact) mass is 307 g/mol. The molecule has 2 unspecified atom stereocenters. The van der Waals surface area contributed by atoms with Gasteiger partial charge in [-0.3, -0.25) is 4.79 Å². The van der Waals surface area contributed by atoms with Gasteiger partial charge in [-0.25, -0.2) is 0 Å². The molecule has 0 aromatic heterocycles. The molecule has 5 heteroatoms. The van der Waals surface area contributed by atoms with Gasteiger partial charge in [0.05, 0.1) is 0 Å². The summed E-state index contributed by atoms with van der Waals surface area (Å²) >= 11 is 2.03. The Balaban J connectivity index is 1.83. The van der Waals surface area contributed by atoms with Gasteiger partial charge in [-0.15, -0.1) is 0 Å². The van der Waals surface area contributed by atoms with E-state index < -0.39 is 0 Å². The average Bonchev–Trinajstić information content (AvgIpc) is 2.40. The second-order valence-electron chi connectivity index (χ2n) is 5.89. The minimum absolute atomic E-state index is 0.0576. The highest BCUT2D eigenvalue weighted by Crippen LogP contribution is 2.24. The third kappa shape index (κ3) is 4.93. The smallest absolute Gasteiger partial charge is 0.225 e. The predicted octanol–water partition coefficient (Wildman–Crippen LogP) is 2.73. The Morgan fingerprint density at radius 2 is 2.05 bits per heavy atom. The molecule has 2 atom stereocenters. The molecule has 1 amide bonds. The maximum atomic E-state index is 12.1. The van der Waals surface area contributed by atoms with Crippen LogP contribution in [0.3, 0.4) is 0 Å². The highest BCUT2D eigenvalue weighted by Gasteiger charge is 2.22. The highest BCUT2D eigenvalue weighted by atomic mass is 32.2. The third-order valence-electron chi connectivity index (χ3n) is 3.69. The number of carbonyl (C=O) groups is 1. The fraction of sp³-hybridized carbons (Fsp3) is 0.562. The zero-order chi connectivity index (χ0) is 15.4. The summed E-state index contributed by atoms with van der Waals surface area (Å²) < 4.78 is 0. The molecule has 4 nitrogen and oxygen atoms in total. The molecule has 0 radical (unpaired) electrons. The van der Waals surface area contributed by atoms with Crippen molar-refractivity contribution in [3.8, 4) is 0 Å². The van der Waals surface area contributed by atoms with Crippen molar-refractivity contribution in [3.63, 3.8) is 0 Å². The van der Waals surface area contributed by atoms with Crippen molar-refractivity contribution >= 4 is 29.0 Å². The lowest BCUT2D eigenvalue weighted by Gasteiger charge is -2.34. The van der Waals surface area contributed by atoms with E-state index in [1.165, 1.54) is 0 Å². The first kappa shape index (κ1) is 16.2. The van der Waals surface area contributed by atoms with Gasteiger partial charge in [0.25, 0.3) is 0 Å². The number of amides is 1. The van der Waals surface area contributed by atoms with Gasteiger partial charge in [0.15, 0.2) is 0 Å². The fourth-order valence-electron chi connectivity index (χ4n) is 2.71. The van der Waals surface area contributed by atoms with Crippen LogP contribution in [-0.4, -0.2) is 40.9 Å². The van der Waals surface area contributed by atoms with Crippen molar-refractivity contribution in [1.29, 1.82) is 0 Å². The van der Waals surface area contributed by atoms with Crippen molar-refractivity contribution < 1.29 is 4.79 Å². The molecule has 21 heavy (non-hydrogen) atoms. The number of benzene rings is 1. The molecule has 1 aromatic rings. The van der Waals surface area contributed by atoms with Crippen LogP contribution in [0.1, 0.15) is 25.8 Å². The highest BCUT2D eigenvalue weighted by molar-refractivity contribution is 8.00. The lowest BCUT2D eigenvalue weighted by atomic mass is 10.2. The SMILES string of the molecule is Cc1ccc(N)cc1NC(=O)CCN1CC(C)SC(C)C1. The first-order chi connectivity index (χ1) is 9.94. The number of nitrogens with one attached hydrogen (secondary N) is 1. The van der Waals surface area contributed by atoms with Gasteiger partial charge in [-0.1, -0.05) is 19.9 Å². The minimum Gasteiger partial charge on any atom is -0.399 e. The molecule has 1 fully saturated rings. The fourth-order valence-corrected chi connectivity index (χ4v) is 4.10. The summed E-state index contributed by atoms with van der Waals surface area (Å²) in [7, 11) is 0. The van der Waals surface area contributed by atoms with E-state index in [4.69, 9.17) is 5.73 Å². The van der Waals surface area contributed by atoms with Gasteiger partial charge in [0.1, 0.15) is 0 Å². The molecule has 2 rings (SSSR count). The summed E-state index contributed by atoms with van der Waals surface area (Å²) in [5.74, 6) is 0.0576. The predicted molar refractivity (Wildman–Crippen MR) is 91.8 cm³/mol. The number of anilines is 2. The molecular formula is C16H25N3OS. The van der Waals surface area contributed by atoms with Crippen LogP contribution < -0.4 is 11.1 Å². The lowest BCUT2D eigenvalue weighted by molar-refractivity contribution is -0.116. The summed E-state index contributed by atoms with van der Waals surface area (Å²) in [6.45, 7) is 9.44. The van der Waals surface area contributed by atoms with Gasteiger partial charge in [-0.2, -0.15) is 11.8 Å². The molecular weight excluding hydrogens is 282 g/mol. The van der Waals surface area contributed by atoms with Gasteiger partial charge >= 0.3 is 0 Å². The number of hydrogen-bond donors (Lipinski definition) is 2. The van der Waals surface area contributed by atoms with Crippen molar-refractivity contribution in [2.24, 2.45) is 0 Å². The van der Waals surface area contributed by atoms with Crippen LogP contribution in [0.25, 0.3) is 0 Å². The Labute approximate surface area is 131 Å². The maximum Gasteiger partial charge on any atom is 0.225 e. The summed E-state index contributed by atoms with van der Waals surface area (Å²) in [5.41, 5.74) is 8.29. The van der Waals surface area contributed by atoms with Gasteiger partial charge in [0, 0.05) is 47.9 Å². The molecule has 1 aliphatic heterocycles. The topological polar surface area (TPSA) is 58.4 Å². The van der Waals surface area contributed by atoms with E-state index in [1.807, 2.05) is 36.9 Å². The van der Waals surface area contributed by atoms with Crippen molar-refractivity contribution in [2.45, 2.75) is 37.7 Å². The summed E-state index contributed by atoms with van der Waals surface area (Å²) in [6.07, 6.45) is 0.526. The first-order valence-electron chi connectivity index (χ1n) is 7.48. The van der Waals surface area contributed by atoms with Gasteiger partial charge in [-0.05, 0) is 24.6 Å². The Kier molecular flexibility index (Phi) is 5.53. The molecule has 0 spiro atoms. The largest absolute Gasteiger partial charge is 0.399 e. The zero-order valence-electron chi connectivity index (χ0n) is 13.1. The van der Waals surface area contributed by atoms with E-state index in [1.54, 1.807) is 0 Å². The van der Waals surface area contributed by atoms with E-state index >= 15 is 0 Å². The maximum absolute atomic E-state index is 12.1. The number of nitrogens with two attached hydrogens (primary N) is 1. The van der Waals surface area contributed by atoms with Gasteiger partial charge in [0.2, 0.25) is 5.91 Å². The Morgan fingerprint density at radius 1 is 1.38 bits per heavy atom. The summed E-state index contributed by atoms with van der Waals surface area (Å²) in [5, 5.41) is 4.25. The molecule has 3 N–H and O–H groups in total. The molecule has 1 aliphatic rings. The molecule has 0 bridgehead atoms. The van der Waals surface area contributed by atoms with Crippen molar-refractivity contribution in [2.75, 3.05) is 30.7 Å². The second kappa shape index (κ2) is 7.18. The standard InChI is InChI=1S/C16H25N3OS/c1-11-4-5-14(17)8-15(11)18-16(20)6-7-19-9-12(2)21-13(3)10-19/h4-5,8,12-13H,6-7,9-10,17H2,1-3H3,(H,18,20). The molecule has 0 aliphatic carbocycles. The number of rotatable bonds is 4. The molecule has 1 heterocycles. The molecule has 116 valence electrons. The minimum atomic E-state index is 0.0576. The molecule has 0 saturated carbocycles. The molecule has 1 aromatic carbocycles. The van der Waals surface area contributed by atoms with E-state index in [2.05, 4.69) is 24.1 Å². The van der Waals surface area contributed by atoms with E-state index in [0.717, 1.165) is 30.9 Å². The Morgan fingerprint density at radius 3 is 2.71 bits per heavy atom. The van der Waals surface area contributed by atoms with E-state index in [-0.39, 0.29) is 5.91 Å². The van der Waals surface area contributed by atoms with Gasteiger partial charge < -0.3 is 16.0 Å². The second-order valence-corrected chi connectivity index (χ2v) is 7.77. The van der Waals surface area contributed by atoms with Crippen LogP contribution in [0, 0.1) is 6.92 Å².